The number of hydrogen-bond acceptors (Lipinski definition) is 4. The molecule has 0 aromatic rings. The second-order valence-electron chi connectivity index (χ2n) is 5.66. The first kappa shape index (κ1) is 22.4. The zero-order valence-electron chi connectivity index (χ0n) is 13.0. The maximum atomic E-state index is 13.2. The monoisotopic (exact) mass is 404 g/mol. The third kappa shape index (κ3) is 4.00. The van der Waals surface area contributed by atoms with Gasteiger partial charge in [0.05, 0.1) is 18.9 Å². The van der Waals surface area contributed by atoms with E-state index in [1.165, 1.54) is 0 Å². The number of ether oxygens (including phenoxy) is 2. The lowest BCUT2D eigenvalue weighted by Crippen LogP contribution is -2.62. The maximum absolute atomic E-state index is 13.2. The Hall–Kier alpha value is -1.69. The van der Waals surface area contributed by atoms with Crippen LogP contribution >= 0.6 is 0 Å². The van der Waals surface area contributed by atoms with Gasteiger partial charge in [-0.2, -0.15) is 39.5 Å². The van der Waals surface area contributed by atoms with E-state index in [2.05, 4.69) is 9.47 Å². The molecule has 0 unspecified atom stereocenters. The molecule has 13 heteroatoms. The quantitative estimate of drug-likeness (QED) is 0.515. The van der Waals surface area contributed by atoms with E-state index in [9.17, 15) is 49.1 Å². The number of carbonyl (C=O) groups is 2. The van der Waals surface area contributed by atoms with Crippen LogP contribution < -0.4 is 0 Å². The Balaban J connectivity index is 2.84. The van der Waals surface area contributed by atoms with Gasteiger partial charge in [-0.25, -0.2) is 0 Å². The Labute approximate surface area is 140 Å². The van der Waals surface area contributed by atoms with Gasteiger partial charge >= 0.3 is 36.1 Å². The third-order valence-corrected chi connectivity index (χ3v) is 3.94. The average Bonchev–Trinajstić information content (AvgIpc) is 2.52. The fraction of sp³-hybridized carbons (Fsp3) is 0.846. The van der Waals surface area contributed by atoms with Crippen molar-refractivity contribution in [2.24, 2.45) is 11.8 Å². The SMILES string of the molecule is COC(=O)C1CCC(C(=O)OC(F)(F)C(F)(F)C(F)(F)C(F)(F)F)CC1. The predicted molar refractivity (Wildman–Crippen MR) is 64.5 cm³/mol. The summed E-state index contributed by atoms with van der Waals surface area (Å²) in [5.74, 6) is -19.0. The standard InChI is InChI=1S/C13H13F9O4/c1-25-8(23)6-2-4-7(5-3-6)9(24)26-13(21,22)11(16,17)10(14,15)12(18,19)20/h6-7H,2-5H2,1H3. The molecule has 0 aromatic heterocycles. The molecule has 0 amide bonds. The van der Waals surface area contributed by atoms with Crippen molar-refractivity contribution in [1.82, 2.24) is 0 Å². The van der Waals surface area contributed by atoms with Crippen LogP contribution in [-0.4, -0.2) is 43.2 Å². The first-order chi connectivity index (χ1) is 11.6. The van der Waals surface area contributed by atoms with Gasteiger partial charge in [0.15, 0.2) is 0 Å². The zero-order chi connectivity index (χ0) is 20.6. The maximum Gasteiger partial charge on any atom is 0.473 e. The molecule has 0 spiro atoms. The van der Waals surface area contributed by atoms with Crippen LogP contribution in [0.1, 0.15) is 25.7 Å². The minimum Gasteiger partial charge on any atom is -0.469 e. The Morgan fingerprint density at radius 1 is 0.731 bits per heavy atom. The van der Waals surface area contributed by atoms with Crippen LogP contribution in [0.2, 0.25) is 0 Å². The molecule has 0 aliphatic heterocycles. The molecule has 0 N–H and O–H groups in total. The van der Waals surface area contributed by atoms with E-state index < -0.39 is 47.9 Å². The van der Waals surface area contributed by atoms with E-state index in [1.54, 1.807) is 0 Å². The highest BCUT2D eigenvalue weighted by Crippen LogP contribution is 2.53. The van der Waals surface area contributed by atoms with Gasteiger partial charge in [-0.15, -0.1) is 0 Å². The van der Waals surface area contributed by atoms with Crippen LogP contribution in [-0.2, 0) is 19.1 Å². The summed E-state index contributed by atoms with van der Waals surface area (Å²) >= 11 is 0. The van der Waals surface area contributed by atoms with Crippen molar-refractivity contribution in [1.29, 1.82) is 0 Å². The van der Waals surface area contributed by atoms with Crippen molar-refractivity contribution >= 4 is 11.9 Å². The predicted octanol–water partition coefficient (Wildman–Crippen LogP) is 3.93. The summed E-state index contributed by atoms with van der Waals surface area (Å²) in [4.78, 5) is 22.8. The molecular weight excluding hydrogens is 391 g/mol. The molecule has 0 saturated heterocycles. The molecular formula is C13H13F9O4. The first-order valence-corrected chi connectivity index (χ1v) is 7.09. The van der Waals surface area contributed by atoms with E-state index in [1.807, 2.05) is 0 Å². The van der Waals surface area contributed by atoms with Crippen LogP contribution in [0.15, 0.2) is 0 Å². The van der Waals surface area contributed by atoms with E-state index in [0.717, 1.165) is 7.11 Å². The minimum atomic E-state index is -7.13. The van der Waals surface area contributed by atoms with Crippen LogP contribution in [0, 0.1) is 11.8 Å². The summed E-state index contributed by atoms with van der Waals surface area (Å²) in [7, 11) is 1.08. The number of esters is 2. The Morgan fingerprint density at radius 2 is 1.12 bits per heavy atom. The van der Waals surface area contributed by atoms with Gasteiger partial charge in [-0.3, -0.25) is 9.59 Å². The van der Waals surface area contributed by atoms with Crippen LogP contribution in [0.3, 0.4) is 0 Å². The minimum absolute atomic E-state index is 0.0624. The fourth-order valence-electron chi connectivity index (χ4n) is 2.37. The molecule has 4 nitrogen and oxygen atoms in total. The molecule has 1 saturated carbocycles. The van der Waals surface area contributed by atoms with Crippen LogP contribution in [0.25, 0.3) is 0 Å². The lowest BCUT2D eigenvalue weighted by molar-refractivity contribution is -0.435. The van der Waals surface area contributed by atoms with Crippen molar-refractivity contribution in [3.63, 3.8) is 0 Å². The fourth-order valence-corrected chi connectivity index (χ4v) is 2.37. The van der Waals surface area contributed by atoms with Crippen molar-refractivity contribution < 1.29 is 58.6 Å². The topological polar surface area (TPSA) is 52.6 Å². The summed E-state index contributed by atoms with van der Waals surface area (Å²) in [6, 6.07) is 0. The molecule has 1 fully saturated rings. The molecule has 0 heterocycles. The number of rotatable bonds is 5. The average molecular weight is 404 g/mol. The summed E-state index contributed by atoms with van der Waals surface area (Å²) in [5, 5.41) is 0. The molecule has 0 bridgehead atoms. The lowest BCUT2D eigenvalue weighted by Gasteiger charge is -2.33. The third-order valence-electron chi connectivity index (χ3n) is 3.94. The smallest absolute Gasteiger partial charge is 0.469 e. The molecule has 0 radical (unpaired) electrons. The Kier molecular flexibility index (Phi) is 6.14. The van der Waals surface area contributed by atoms with Gasteiger partial charge in [0.25, 0.3) is 0 Å². The number of halogens is 9. The summed E-state index contributed by atoms with van der Waals surface area (Å²) < 4.78 is 121. The molecule has 0 aromatic carbocycles. The molecule has 1 rings (SSSR count). The van der Waals surface area contributed by atoms with Crippen molar-refractivity contribution in [2.75, 3.05) is 7.11 Å². The van der Waals surface area contributed by atoms with Crippen molar-refractivity contribution in [3.05, 3.63) is 0 Å². The summed E-state index contributed by atoms with van der Waals surface area (Å²) in [6.45, 7) is 0. The van der Waals surface area contributed by atoms with Gasteiger partial charge in [0.2, 0.25) is 0 Å². The van der Waals surface area contributed by atoms with Crippen LogP contribution in [0.4, 0.5) is 39.5 Å². The second-order valence-corrected chi connectivity index (χ2v) is 5.66. The van der Waals surface area contributed by atoms with Crippen molar-refractivity contribution in [2.45, 2.75) is 49.8 Å². The highest BCUT2D eigenvalue weighted by atomic mass is 19.4. The van der Waals surface area contributed by atoms with Gasteiger partial charge in [0.1, 0.15) is 0 Å². The molecule has 0 atom stereocenters. The molecule has 26 heavy (non-hydrogen) atoms. The van der Waals surface area contributed by atoms with E-state index >= 15 is 0 Å². The van der Waals surface area contributed by atoms with Gasteiger partial charge in [0, 0.05) is 0 Å². The van der Waals surface area contributed by atoms with E-state index in [4.69, 9.17) is 0 Å². The normalized spacial score (nSPS) is 22.7. The first-order valence-electron chi connectivity index (χ1n) is 7.09. The van der Waals surface area contributed by atoms with Crippen molar-refractivity contribution in [3.8, 4) is 0 Å². The summed E-state index contributed by atoms with van der Waals surface area (Å²) in [6.07, 6.45) is -14.1. The highest BCUT2D eigenvalue weighted by Gasteiger charge is 2.84. The largest absolute Gasteiger partial charge is 0.473 e. The Morgan fingerprint density at radius 3 is 1.46 bits per heavy atom. The number of methoxy groups -OCH3 is 1. The molecule has 1 aliphatic rings. The number of carbonyl (C=O) groups excluding carboxylic acids is 2. The number of alkyl halides is 9. The summed E-state index contributed by atoms with van der Waals surface area (Å²) in [5.41, 5.74) is 0. The second kappa shape index (κ2) is 7.14. The Bertz CT molecular complexity index is 536. The van der Waals surface area contributed by atoms with E-state index in [0.29, 0.717) is 0 Å². The molecule has 1 aliphatic carbocycles. The van der Waals surface area contributed by atoms with Gasteiger partial charge in [-0.1, -0.05) is 0 Å². The van der Waals surface area contributed by atoms with Gasteiger partial charge < -0.3 is 9.47 Å². The van der Waals surface area contributed by atoms with E-state index in [-0.39, 0.29) is 25.7 Å². The zero-order valence-corrected chi connectivity index (χ0v) is 13.0. The van der Waals surface area contributed by atoms with Gasteiger partial charge in [-0.05, 0) is 25.7 Å². The lowest BCUT2D eigenvalue weighted by atomic mass is 9.82. The molecule has 152 valence electrons. The van der Waals surface area contributed by atoms with Crippen LogP contribution in [0.5, 0.6) is 0 Å². The highest BCUT2D eigenvalue weighted by molar-refractivity contribution is 5.75. The number of hydrogen-bond donors (Lipinski definition) is 0.